The maximum atomic E-state index is 12.3. The van der Waals surface area contributed by atoms with Gasteiger partial charge in [0.1, 0.15) is 0 Å². The highest BCUT2D eigenvalue weighted by Gasteiger charge is 2.37. The molecule has 0 bridgehead atoms. The Bertz CT molecular complexity index is 470. The van der Waals surface area contributed by atoms with Gasteiger partial charge in [-0.2, -0.15) is 5.10 Å². The van der Waals surface area contributed by atoms with Gasteiger partial charge < -0.3 is 14.8 Å². The molecule has 6 heteroatoms. The van der Waals surface area contributed by atoms with E-state index in [4.69, 9.17) is 9.47 Å². The summed E-state index contributed by atoms with van der Waals surface area (Å²) in [6.07, 6.45) is 5.73. The van der Waals surface area contributed by atoms with Crippen LogP contribution in [0.2, 0.25) is 0 Å². The van der Waals surface area contributed by atoms with Crippen molar-refractivity contribution >= 4 is 5.91 Å². The monoisotopic (exact) mass is 279 g/mol. The number of nitrogens with zero attached hydrogens (tertiary/aromatic N) is 1. The Kier molecular flexibility index (Phi) is 3.76. The van der Waals surface area contributed by atoms with Gasteiger partial charge in [-0.1, -0.05) is 0 Å². The molecule has 1 saturated heterocycles. The molecule has 1 aliphatic heterocycles. The fraction of sp³-hybridized carbons (Fsp3) is 0.714. The van der Waals surface area contributed by atoms with Crippen LogP contribution in [0.4, 0.5) is 0 Å². The minimum absolute atomic E-state index is 0.0797. The third-order valence-electron chi connectivity index (χ3n) is 4.52. The Morgan fingerprint density at radius 3 is 3.10 bits per heavy atom. The molecule has 2 heterocycles. The molecule has 0 radical (unpaired) electrons. The van der Waals surface area contributed by atoms with Gasteiger partial charge >= 0.3 is 0 Å². The summed E-state index contributed by atoms with van der Waals surface area (Å²) < 4.78 is 10.9. The molecule has 110 valence electrons. The summed E-state index contributed by atoms with van der Waals surface area (Å²) in [7, 11) is 1.71. The zero-order chi connectivity index (χ0) is 14.0. The predicted octanol–water partition coefficient (Wildman–Crippen LogP) is 1.21. The second kappa shape index (κ2) is 5.54. The van der Waals surface area contributed by atoms with Crippen LogP contribution in [0.5, 0.6) is 0 Å². The quantitative estimate of drug-likeness (QED) is 0.849. The van der Waals surface area contributed by atoms with E-state index in [1.165, 1.54) is 6.42 Å². The average molecular weight is 279 g/mol. The lowest BCUT2D eigenvalue weighted by Gasteiger charge is -2.40. The fourth-order valence-corrected chi connectivity index (χ4v) is 2.91. The van der Waals surface area contributed by atoms with Crippen LogP contribution in [-0.2, 0) is 9.47 Å². The molecular formula is C14H21N3O3. The topological polar surface area (TPSA) is 76.2 Å². The number of methoxy groups -OCH3 is 1. The summed E-state index contributed by atoms with van der Waals surface area (Å²) in [5.74, 6) is 0.169. The standard InChI is InChI=1S/C14H21N3O3/c1-19-14(4-2-5-14)9-15-13(18)11-7-16-17-12(11)10-3-6-20-8-10/h7,10H,2-6,8-9H2,1H3,(H,15,18)(H,16,17)/t10-/m1/s1. The highest BCUT2D eigenvalue weighted by molar-refractivity contribution is 5.95. The minimum atomic E-state index is -0.157. The first-order valence-electron chi connectivity index (χ1n) is 7.18. The molecule has 1 aromatic rings. The number of carbonyl (C=O) groups excluding carboxylic acids is 1. The number of nitrogens with one attached hydrogen (secondary N) is 2. The van der Waals surface area contributed by atoms with Crippen LogP contribution in [-0.4, -0.2) is 48.6 Å². The zero-order valence-electron chi connectivity index (χ0n) is 11.8. The Hall–Kier alpha value is -1.40. The number of aromatic nitrogens is 2. The second-order valence-corrected chi connectivity index (χ2v) is 5.68. The molecule has 6 nitrogen and oxygen atoms in total. The summed E-state index contributed by atoms with van der Waals surface area (Å²) >= 11 is 0. The zero-order valence-corrected chi connectivity index (χ0v) is 11.8. The van der Waals surface area contributed by atoms with Crippen molar-refractivity contribution in [3.05, 3.63) is 17.5 Å². The number of hydrogen-bond donors (Lipinski definition) is 2. The highest BCUT2D eigenvalue weighted by atomic mass is 16.5. The van der Waals surface area contributed by atoms with Crippen LogP contribution in [0.25, 0.3) is 0 Å². The average Bonchev–Trinajstić information content (AvgIpc) is 3.08. The maximum Gasteiger partial charge on any atom is 0.254 e. The molecule has 1 aromatic heterocycles. The first kappa shape index (κ1) is 13.6. The maximum absolute atomic E-state index is 12.3. The van der Waals surface area contributed by atoms with E-state index in [0.29, 0.717) is 18.7 Å². The normalized spacial score (nSPS) is 24.4. The molecule has 2 fully saturated rings. The van der Waals surface area contributed by atoms with Crippen molar-refractivity contribution < 1.29 is 14.3 Å². The van der Waals surface area contributed by atoms with Crippen LogP contribution in [0, 0.1) is 0 Å². The fourth-order valence-electron chi connectivity index (χ4n) is 2.91. The van der Waals surface area contributed by atoms with E-state index in [9.17, 15) is 4.79 Å². The van der Waals surface area contributed by atoms with Gasteiger partial charge in [-0.15, -0.1) is 0 Å². The van der Waals surface area contributed by atoms with Crippen molar-refractivity contribution in [3.8, 4) is 0 Å². The van der Waals surface area contributed by atoms with E-state index < -0.39 is 0 Å². The van der Waals surface area contributed by atoms with Crippen molar-refractivity contribution in [2.45, 2.75) is 37.2 Å². The first-order chi connectivity index (χ1) is 9.74. The SMILES string of the molecule is COC1(CNC(=O)c2cn[nH]c2[C@@H]2CCOC2)CCC1. The number of hydrogen-bond acceptors (Lipinski definition) is 4. The molecule has 20 heavy (non-hydrogen) atoms. The number of H-pyrrole nitrogens is 1. The largest absolute Gasteiger partial charge is 0.381 e. The Labute approximate surface area is 118 Å². The first-order valence-corrected chi connectivity index (χ1v) is 7.18. The Balaban J connectivity index is 1.64. The number of amides is 1. The molecule has 3 rings (SSSR count). The van der Waals surface area contributed by atoms with Crippen molar-refractivity contribution in [3.63, 3.8) is 0 Å². The summed E-state index contributed by atoms with van der Waals surface area (Å²) in [4.78, 5) is 12.3. The second-order valence-electron chi connectivity index (χ2n) is 5.68. The van der Waals surface area contributed by atoms with Crippen molar-refractivity contribution in [1.82, 2.24) is 15.5 Å². The molecule has 0 aromatic carbocycles. The van der Waals surface area contributed by atoms with Gasteiger partial charge in [-0.25, -0.2) is 0 Å². The van der Waals surface area contributed by atoms with Crippen molar-refractivity contribution in [2.24, 2.45) is 0 Å². The predicted molar refractivity (Wildman–Crippen MR) is 72.7 cm³/mol. The third-order valence-corrected chi connectivity index (χ3v) is 4.52. The minimum Gasteiger partial charge on any atom is -0.381 e. The van der Waals surface area contributed by atoms with Gasteiger partial charge in [0.2, 0.25) is 0 Å². The van der Waals surface area contributed by atoms with Crippen LogP contribution in [0.3, 0.4) is 0 Å². The van der Waals surface area contributed by atoms with Gasteiger partial charge in [0, 0.05) is 26.2 Å². The highest BCUT2D eigenvalue weighted by Crippen LogP contribution is 2.34. The van der Waals surface area contributed by atoms with Crippen molar-refractivity contribution in [2.75, 3.05) is 26.9 Å². The lowest BCUT2D eigenvalue weighted by atomic mass is 9.80. The molecule has 1 amide bonds. The molecule has 0 spiro atoms. The summed E-state index contributed by atoms with van der Waals surface area (Å²) in [5, 5.41) is 9.94. The summed E-state index contributed by atoms with van der Waals surface area (Å²) in [5.41, 5.74) is 1.36. The van der Waals surface area contributed by atoms with Gasteiger partial charge in [0.15, 0.2) is 0 Å². The number of aromatic amines is 1. The van der Waals surface area contributed by atoms with Gasteiger partial charge in [-0.3, -0.25) is 9.89 Å². The van der Waals surface area contributed by atoms with E-state index in [1.54, 1.807) is 13.3 Å². The van der Waals surface area contributed by atoms with Gasteiger partial charge in [0.05, 0.1) is 29.7 Å². The van der Waals surface area contributed by atoms with Crippen LogP contribution in [0.15, 0.2) is 6.20 Å². The van der Waals surface area contributed by atoms with Gasteiger partial charge in [0.25, 0.3) is 5.91 Å². The van der Waals surface area contributed by atoms with Crippen LogP contribution in [0.1, 0.15) is 47.7 Å². The molecule has 2 aliphatic rings. The van der Waals surface area contributed by atoms with Crippen molar-refractivity contribution in [1.29, 1.82) is 0 Å². The number of rotatable bonds is 5. The van der Waals surface area contributed by atoms with Gasteiger partial charge in [-0.05, 0) is 25.7 Å². The van der Waals surface area contributed by atoms with E-state index in [0.717, 1.165) is 31.6 Å². The molecule has 1 atom stereocenters. The van der Waals surface area contributed by atoms with E-state index in [2.05, 4.69) is 15.5 Å². The molecule has 1 aliphatic carbocycles. The third kappa shape index (κ3) is 2.45. The van der Waals surface area contributed by atoms with E-state index >= 15 is 0 Å². The summed E-state index contributed by atoms with van der Waals surface area (Å²) in [6, 6.07) is 0. The lowest BCUT2D eigenvalue weighted by molar-refractivity contribution is -0.0679. The molecule has 0 unspecified atom stereocenters. The van der Waals surface area contributed by atoms with Crippen LogP contribution >= 0.6 is 0 Å². The van der Waals surface area contributed by atoms with Crippen LogP contribution < -0.4 is 5.32 Å². The summed E-state index contributed by atoms with van der Waals surface area (Å²) in [6.45, 7) is 1.97. The Morgan fingerprint density at radius 2 is 2.50 bits per heavy atom. The lowest BCUT2D eigenvalue weighted by Crippen LogP contribution is -2.49. The van der Waals surface area contributed by atoms with E-state index in [1.807, 2.05) is 0 Å². The Morgan fingerprint density at radius 1 is 1.65 bits per heavy atom. The number of ether oxygens (including phenoxy) is 2. The molecule has 1 saturated carbocycles. The smallest absolute Gasteiger partial charge is 0.254 e. The molecular weight excluding hydrogens is 258 g/mol. The molecule has 2 N–H and O–H groups in total. The van der Waals surface area contributed by atoms with E-state index in [-0.39, 0.29) is 17.4 Å². The number of carbonyl (C=O) groups is 1.